The molecule has 94 valence electrons. The van der Waals surface area contributed by atoms with Crippen LogP contribution in [0.3, 0.4) is 0 Å². The highest BCUT2D eigenvalue weighted by molar-refractivity contribution is 4.94. The van der Waals surface area contributed by atoms with Gasteiger partial charge in [-0.1, -0.05) is 6.42 Å². The van der Waals surface area contributed by atoms with Gasteiger partial charge in [0.05, 0.1) is 6.10 Å². The highest BCUT2D eigenvalue weighted by Gasteiger charge is 2.40. The van der Waals surface area contributed by atoms with E-state index in [9.17, 15) is 5.11 Å². The standard InChI is InChI=1S/C12H24N2O2/c1-9-12(15,5-6-16-9)8-14-11-4-2-3-10(11)7-13/h9-11,14-15H,2-8,13H2,1H3. The van der Waals surface area contributed by atoms with Gasteiger partial charge in [-0.2, -0.15) is 0 Å². The summed E-state index contributed by atoms with van der Waals surface area (Å²) in [6, 6.07) is 0.488. The van der Waals surface area contributed by atoms with E-state index in [0.29, 0.717) is 25.1 Å². The molecule has 0 aromatic rings. The second-order valence-corrected chi connectivity index (χ2v) is 5.28. The van der Waals surface area contributed by atoms with Crippen LogP contribution in [0.1, 0.15) is 32.6 Å². The van der Waals surface area contributed by atoms with Gasteiger partial charge in [0, 0.05) is 25.6 Å². The zero-order valence-electron chi connectivity index (χ0n) is 10.1. The molecule has 4 N–H and O–H groups in total. The van der Waals surface area contributed by atoms with Gasteiger partial charge < -0.3 is 20.9 Å². The summed E-state index contributed by atoms with van der Waals surface area (Å²) in [6.45, 7) is 4.01. The average molecular weight is 228 g/mol. The molecule has 1 saturated heterocycles. The molecule has 2 rings (SSSR count). The van der Waals surface area contributed by atoms with Gasteiger partial charge in [0.15, 0.2) is 0 Å². The Labute approximate surface area is 97.5 Å². The van der Waals surface area contributed by atoms with Crippen molar-refractivity contribution in [3.8, 4) is 0 Å². The van der Waals surface area contributed by atoms with E-state index in [1.54, 1.807) is 0 Å². The first-order valence-electron chi connectivity index (χ1n) is 6.43. The van der Waals surface area contributed by atoms with Crippen LogP contribution in [0.15, 0.2) is 0 Å². The zero-order valence-corrected chi connectivity index (χ0v) is 10.1. The summed E-state index contributed by atoms with van der Waals surface area (Å²) in [5, 5.41) is 13.8. The Bertz CT molecular complexity index is 237. The fourth-order valence-corrected chi connectivity index (χ4v) is 2.90. The van der Waals surface area contributed by atoms with E-state index in [0.717, 1.165) is 13.0 Å². The molecule has 4 atom stereocenters. The molecule has 2 aliphatic rings. The van der Waals surface area contributed by atoms with Gasteiger partial charge in [0.2, 0.25) is 0 Å². The fraction of sp³-hybridized carbons (Fsp3) is 1.00. The molecule has 1 aliphatic carbocycles. The van der Waals surface area contributed by atoms with Gasteiger partial charge >= 0.3 is 0 Å². The molecule has 1 aliphatic heterocycles. The van der Waals surface area contributed by atoms with Crippen LogP contribution in [0, 0.1) is 5.92 Å². The first-order chi connectivity index (χ1) is 7.65. The number of ether oxygens (including phenoxy) is 1. The molecular formula is C12H24N2O2. The first-order valence-corrected chi connectivity index (χ1v) is 6.43. The molecule has 4 heteroatoms. The third-order valence-electron chi connectivity index (χ3n) is 4.29. The second-order valence-electron chi connectivity index (χ2n) is 5.28. The molecule has 0 aromatic heterocycles. The summed E-state index contributed by atoms with van der Waals surface area (Å²) in [4.78, 5) is 0. The van der Waals surface area contributed by atoms with Crippen LogP contribution in [0.2, 0.25) is 0 Å². The summed E-state index contributed by atoms with van der Waals surface area (Å²) in [7, 11) is 0. The molecule has 0 radical (unpaired) electrons. The van der Waals surface area contributed by atoms with E-state index >= 15 is 0 Å². The van der Waals surface area contributed by atoms with Gasteiger partial charge in [0.25, 0.3) is 0 Å². The highest BCUT2D eigenvalue weighted by atomic mass is 16.5. The van der Waals surface area contributed by atoms with Gasteiger partial charge in [-0.05, 0) is 32.2 Å². The van der Waals surface area contributed by atoms with Crippen LogP contribution in [-0.4, -0.2) is 42.5 Å². The molecule has 16 heavy (non-hydrogen) atoms. The molecule has 4 nitrogen and oxygen atoms in total. The summed E-state index contributed by atoms with van der Waals surface area (Å²) in [6.07, 6.45) is 4.34. The molecule has 1 heterocycles. The van der Waals surface area contributed by atoms with Gasteiger partial charge in [0.1, 0.15) is 5.60 Å². The first kappa shape index (κ1) is 12.3. The van der Waals surface area contributed by atoms with Crippen LogP contribution in [-0.2, 0) is 4.74 Å². The summed E-state index contributed by atoms with van der Waals surface area (Å²) in [5.41, 5.74) is 5.06. The quantitative estimate of drug-likeness (QED) is 0.645. The Balaban J connectivity index is 1.82. The molecule has 0 amide bonds. The lowest BCUT2D eigenvalue weighted by Crippen LogP contribution is -2.50. The van der Waals surface area contributed by atoms with Crippen molar-refractivity contribution in [3.63, 3.8) is 0 Å². The van der Waals surface area contributed by atoms with Gasteiger partial charge in [-0.15, -0.1) is 0 Å². The maximum atomic E-state index is 10.4. The minimum absolute atomic E-state index is 0.0577. The van der Waals surface area contributed by atoms with Crippen LogP contribution in [0.4, 0.5) is 0 Å². The van der Waals surface area contributed by atoms with Crippen LogP contribution >= 0.6 is 0 Å². The lowest BCUT2D eigenvalue weighted by Gasteiger charge is -2.29. The number of rotatable bonds is 4. The topological polar surface area (TPSA) is 67.5 Å². The third kappa shape index (κ3) is 2.40. The van der Waals surface area contributed by atoms with E-state index in [4.69, 9.17) is 10.5 Å². The third-order valence-corrected chi connectivity index (χ3v) is 4.29. The van der Waals surface area contributed by atoms with Gasteiger partial charge in [-0.3, -0.25) is 0 Å². The van der Waals surface area contributed by atoms with Crippen LogP contribution < -0.4 is 11.1 Å². The van der Waals surface area contributed by atoms with Crippen molar-refractivity contribution in [1.82, 2.24) is 5.32 Å². The molecule has 2 fully saturated rings. The number of nitrogens with two attached hydrogens (primary N) is 1. The smallest absolute Gasteiger partial charge is 0.105 e. The Kier molecular flexibility index (Phi) is 3.85. The number of hydrogen-bond acceptors (Lipinski definition) is 4. The van der Waals surface area contributed by atoms with E-state index < -0.39 is 5.60 Å². The zero-order chi connectivity index (χ0) is 11.6. The van der Waals surface area contributed by atoms with Gasteiger partial charge in [-0.25, -0.2) is 0 Å². The lowest BCUT2D eigenvalue weighted by molar-refractivity contribution is -0.0282. The van der Waals surface area contributed by atoms with E-state index in [-0.39, 0.29) is 6.10 Å². The van der Waals surface area contributed by atoms with Crippen molar-refractivity contribution in [3.05, 3.63) is 0 Å². The maximum Gasteiger partial charge on any atom is 0.105 e. The van der Waals surface area contributed by atoms with Crippen molar-refractivity contribution in [2.75, 3.05) is 19.7 Å². The van der Waals surface area contributed by atoms with Crippen LogP contribution in [0.25, 0.3) is 0 Å². The minimum atomic E-state index is -0.679. The summed E-state index contributed by atoms with van der Waals surface area (Å²) in [5.74, 6) is 0.584. The largest absolute Gasteiger partial charge is 0.386 e. The molecule has 0 aromatic carbocycles. The number of aliphatic hydroxyl groups is 1. The minimum Gasteiger partial charge on any atom is -0.386 e. The van der Waals surface area contributed by atoms with Crippen molar-refractivity contribution in [2.45, 2.75) is 50.4 Å². The molecule has 1 saturated carbocycles. The Hall–Kier alpha value is -0.160. The molecule has 0 bridgehead atoms. The normalized spacial score (nSPS) is 44.1. The monoisotopic (exact) mass is 228 g/mol. The SMILES string of the molecule is CC1OCCC1(O)CNC1CCCC1CN. The van der Waals surface area contributed by atoms with Crippen molar-refractivity contribution in [1.29, 1.82) is 0 Å². The van der Waals surface area contributed by atoms with Crippen molar-refractivity contribution >= 4 is 0 Å². The number of nitrogens with one attached hydrogen (secondary N) is 1. The predicted molar refractivity (Wildman–Crippen MR) is 63.2 cm³/mol. The Morgan fingerprint density at radius 2 is 2.31 bits per heavy atom. The maximum absolute atomic E-state index is 10.4. The molecule has 4 unspecified atom stereocenters. The number of hydrogen-bond donors (Lipinski definition) is 3. The fourth-order valence-electron chi connectivity index (χ4n) is 2.90. The molecule has 0 spiro atoms. The lowest BCUT2D eigenvalue weighted by atomic mass is 9.95. The van der Waals surface area contributed by atoms with Crippen LogP contribution in [0.5, 0.6) is 0 Å². The Morgan fingerprint density at radius 1 is 1.50 bits per heavy atom. The predicted octanol–water partition coefficient (Wildman–Crippen LogP) is 0.243. The Morgan fingerprint density at radius 3 is 2.94 bits per heavy atom. The second kappa shape index (κ2) is 5.00. The van der Waals surface area contributed by atoms with Crippen molar-refractivity contribution in [2.24, 2.45) is 11.7 Å². The highest BCUT2D eigenvalue weighted by Crippen LogP contribution is 2.28. The van der Waals surface area contributed by atoms with E-state index in [1.807, 2.05) is 6.92 Å². The van der Waals surface area contributed by atoms with E-state index in [2.05, 4.69) is 5.32 Å². The average Bonchev–Trinajstić information content (AvgIpc) is 2.84. The van der Waals surface area contributed by atoms with E-state index in [1.165, 1.54) is 19.3 Å². The summed E-state index contributed by atoms with van der Waals surface area (Å²) >= 11 is 0. The summed E-state index contributed by atoms with van der Waals surface area (Å²) < 4.78 is 5.42. The van der Waals surface area contributed by atoms with Crippen molar-refractivity contribution < 1.29 is 9.84 Å². The molecular weight excluding hydrogens is 204 g/mol.